The van der Waals surface area contributed by atoms with Gasteiger partial charge >= 0.3 is 5.97 Å². The van der Waals surface area contributed by atoms with Crippen LogP contribution in [0.1, 0.15) is 29.3 Å². The first-order chi connectivity index (χ1) is 14.2. The number of nitrogens with one attached hydrogen (secondary N) is 1. The van der Waals surface area contributed by atoms with Crippen LogP contribution in [0.2, 0.25) is 0 Å². The first-order valence-corrected chi connectivity index (χ1v) is 10.9. The number of rotatable bonds is 9. The molecule has 0 spiro atoms. The van der Waals surface area contributed by atoms with Crippen molar-refractivity contribution in [2.75, 3.05) is 30.8 Å². The molecule has 9 nitrogen and oxygen atoms in total. The highest BCUT2D eigenvalue weighted by molar-refractivity contribution is 7.89. The molecule has 3 N–H and O–H groups in total. The number of carbonyl (C=O) groups is 2. The van der Waals surface area contributed by atoms with Crippen molar-refractivity contribution >= 4 is 27.6 Å². The van der Waals surface area contributed by atoms with Crippen molar-refractivity contribution in [2.45, 2.75) is 13.3 Å². The number of benzene rings is 1. The van der Waals surface area contributed by atoms with E-state index in [4.69, 9.17) is 10.4 Å². The van der Waals surface area contributed by atoms with E-state index in [-0.39, 0.29) is 48.7 Å². The third-order valence-electron chi connectivity index (χ3n) is 4.59. The molecule has 2 rings (SSSR count). The number of nitrogens with zero attached hydrogens (tertiary/aromatic N) is 2. The van der Waals surface area contributed by atoms with Gasteiger partial charge in [0.05, 0.1) is 41.2 Å². The third kappa shape index (κ3) is 5.76. The van der Waals surface area contributed by atoms with Crippen LogP contribution < -0.4 is 5.32 Å². The second-order valence-corrected chi connectivity index (χ2v) is 8.59. The zero-order valence-electron chi connectivity index (χ0n) is 16.4. The van der Waals surface area contributed by atoms with Gasteiger partial charge in [-0.05, 0) is 30.2 Å². The van der Waals surface area contributed by atoms with Crippen molar-refractivity contribution in [3.63, 3.8) is 0 Å². The van der Waals surface area contributed by atoms with E-state index < -0.39 is 27.8 Å². The molecule has 160 valence electrons. The molecule has 1 amide bonds. The Hall–Kier alpha value is -3.00. The van der Waals surface area contributed by atoms with Crippen molar-refractivity contribution in [3.05, 3.63) is 53.1 Å². The minimum atomic E-state index is -3.58. The molecule has 1 aliphatic carbocycles. The van der Waals surface area contributed by atoms with Crippen molar-refractivity contribution in [1.29, 1.82) is 5.26 Å². The maximum absolute atomic E-state index is 12.5. The molecular formula is C20H23N3O6S. The van der Waals surface area contributed by atoms with Crippen molar-refractivity contribution < 1.29 is 28.2 Å². The lowest BCUT2D eigenvalue weighted by atomic mass is 9.96. The number of aliphatic hydroxyl groups excluding tert-OH is 1. The third-order valence-corrected chi connectivity index (χ3v) is 6.52. The van der Waals surface area contributed by atoms with Gasteiger partial charge in [-0.3, -0.25) is 4.79 Å². The van der Waals surface area contributed by atoms with Crippen LogP contribution in [0.5, 0.6) is 0 Å². The largest absolute Gasteiger partial charge is 0.478 e. The monoisotopic (exact) mass is 433 g/mol. The summed E-state index contributed by atoms with van der Waals surface area (Å²) in [6.45, 7) is 1.70. The standard InChI is InChI=1S/C20H23N3O6S/c1-2-23(9-10-24)30(28,29)13-14-3-6-16(7-4-14)19(25)22-18-8-5-15(12-21)11-17(18)20(26)27/h3-6,8,11,16,24H,2,7,9-10,13H2,1H3,(H,22,25)(H,26,27). The lowest BCUT2D eigenvalue weighted by Crippen LogP contribution is -2.35. The molecule has 0 fully saturated rings. The number of allylic oxidation sites excluding steroid dienone is 2. The Kier molecular flexibility index (Phi) is 7.88. The van der Waals surface area contributed by atoms with Crippen LogP contribution in [0.3, 0.4) is 0 Å². The molecule has 0 aromatic heterocycles. The van der Waals surface area contributed by atoms with Gasteiger partial charge in [0.1, 0.15) is 0 Å². The number of hydrogen-bond donors (Lipinski definition) is 3. The summed E-state index contributed by atoms with van der Waals surface area (Å²) in [4.78, 5) is 23.9. The first kappa shape index (κ1) is 23.3. The van der Waals surface area contributed by atoms with E-state index >= 15 is 0 Å². The average molecular weight is 433 g/mol. The summed E-state index contributed by atoms with van der Waals surface area (Å²) >= 11 is 0. The quantitative estimate of drug-likeness (QED) is 0.532. The Morgan fingerprint density at radius 3 is 2.63 bits per heavy atom. The molecule has 0 bridgehead atoms. The number of sulfonamides is 1. The van der Waals surface area contributed by atoms with Gasteiger partial charge in [-0.2, -0.15) is 9.57 Å². The molecule has 0 radical (unpaired) electrons. The van der Waals surface area contributed by atoms with Crippen LogP contribution >= 0.6 is 0 Å². The Labute approximate surface area is 175 Å². The lowest BCUT2D eigenvalue weighted by molar-refractivity contribution is -0.118. The zero-order valence-corrected chi connectivity index (χ0v) is 17.2. The minimum absolute atomic E-state index is 0.0252. The molecule has 30 heavy (non-hydrogen) atoms. The highest BCUT2D eigenvalue weighted by atomic mass is 32.2. The number of nitriles is 1. The maximum atomic E-state index is 12.5. The van der Waals surface area contributed by atoms with Crippen LogP contribution in [0.4, 0.5) is 5.69 Å². The summed E-state index contributed by atoms with van der Waals surface area (Å²) in [6, 6.07) is 5.80. The number of likely N-dealkylation sites (N-methyl/N-ethyl adjacent to an activating group) is 1. The molecule has 0 aliphatic heterocycles. The van der Waals surface area contributed by atoms with E-state index in [1.807, 2.05) is 6.07 Å². The predicted molar refractivity (Wildman–Crippen MR) is 110 cm³/mol. The summed E-state index contributed by atoms with van der Waals surface area (Å²) in [5.41, 5.74) is 0.604. The zero-order chi connectivity index (χ0) is 22.3. The predicted octanol–water partition coefficient (Wildman–Crippen LogP) is 1.34. The van der Waals surface area contributed by atoms with Gasteiger partial charge in [-0.25, -0.2) is 13.2 Å². The molecular weight excluding hydrogens is 410 g/mol. The van der Waals surface area contributed by atoms with Gasteiger partial charge in [0.15, 0.2) is 0 Å². The van der Waals surface area contributed by atoms with Crippen LogP contribution in [-0.2, 0) is 14.8 Å². The maximum Gasteiger partial charge on any atom is 0.337 e. The topological polar surface area (TPSA) is 148 Å². The summed E-state index contributed by atoms with van der Waals surface area (Å²) in [7, 11) is -3.58. The fourth-order valence-electron chi connectivity index (χ4n) is 3.00. The molecule has 1 aliphatic rings. The molecule has 1 aromatic rings. The van der Waals surface area contributed by atoms with E-state index in [2.05, 4.69) is 5.32 Å². The number of anilines is 1. The number of carboxylic acids is 1. The highest BCUT2D eigenvalue weighted by Gasteiger charge is 2.24. The van der Waals surface area contributed by atoms with Crippen LogP contribution in [-0.4, -0.2) is 60.3 Å². The fraction of sp³-hybridized carbons (Fsp3) is 0.350. The molecule has 1 atom stereocenters. The number of hydrogen-bond acceptors (Lipinski definition) is 6. The number of carboxylic acid groups (broad SMARTS) is 1. The Morgan fingerprint density at radius 2 is 2.10 bits per heavy atom. The highest BCUT2D eigenvalue weighted by Crippen LogP contribution is 2.23. The minimum Gasteiger partial charge on any atom is -0.478 e. The Morgan fingerprint density at radius 1 is 1.37 bits per heavy atom. The van der Waals surface area contributed by atoms with E-state index in [1.165, 1.54) is 22.5 Å². The van der Waals surface area contributed by atoms with Gasteiger partial charge < -0.3 is 15.5 Å². The summed E-state index contributed by atoms with van der Waals surface area (Å²) in [6.07, 6.45) is 5.06. The van der Waals surface area contributed by atoms with E-state index in [0.717, 1.165) is 0 Å². The van der Waals surface area contributed by atoms with E-state index in [1.54, 1.807) is 25.2 Å². The number of aliphatic hydroxyl groups is 1. The number of carbonyl (C=O) groups excluding carboxylic acids is 1. The van der Waals surface area contributed by atoms with Crippen LogP contribution in [0.25, 0.3) is 0 Å². The number of amides is 1. The van der Waals surface area contributed by atoms with Crippen molar-refractivity contribution in [2.24, 2.45) is 5.92 Å². The molecule has 1 unspecified atom stereocenters. The van der Waals surface area contributed by atoms with Gasteiger partial charge in [-0.15, -0.1) is 0 Å². The van der Waals surface area contributed by atoms with Crippen LogP contribution in [0.15, 0.2) is 42.0 Å². The second kappa shape index (κ2) is 10.2. The van der Waals surface area contributed by atoms with Gasteiger partial charge in [-0.1, -0.05) is 25.2 Å². The molecule has 1 aromatic carbocycles. The van der Waals surface area contributed by atoms with Crippen LogP contribution in [0, 0.1) is 17.2 Å². The Bertz CT molecular complexity index is 1020. The normalized spacial score (nSPS) is 16.1. The SMILES string of the molecule is CCN(CCO)S(=O)(=O)CC1=CCC(C(=O)Nc2ccc(C#N)cc2C(=O)O)C=C1. The molecule has 0 saturated carbocycles. The van der Waals surface area contributed by atoms with E-state index in [9.17, 15) is 23.1 Å². The summed E-state index contributed by atoms with van der Waals surface area (Å²) in [5.74, 6) is -2.53. The Balaban J connectivity index is 2.06. The van der Waals surface area contributed by atoms with Crippen molar-refractivity contribution in [1.82, 2.24) is 4.31 Å². The van der Waals surface area contributed by atoms with Crippen molar-refractivity contribution in [3.8, 4) is 6.07 Å². The summed E-state index contributed by atoms with van der Waals surface area (Å²) in [5, 5.41) is 29.8. The number of aromatic carboxylic acids is 1. The first-order valence-electron chi connectivity index (χ1n) is 9.26. The second-order valence-electron chi connectivity index (χ2n) is 6.62. The van der Waals surface area contributed by atoms with Gasteiger partial charge in [0.25, 0.3) is 0 Å². The fourth-order valence-corrected chi connectivity index (χ4v) is 4.57. The van der Waals surface area contributed by atoms with Gasteiger partial charge in [0.2, 0.25) is 15.9 Å². The lowest BCUT2D eigenvalue weighted by Gasteiger charge is -2.21. The molecule has 10 heteroatoms. The van der Waals surface area contributed by atoms with E-state index in [0.29, 0.717) is 5.57 Å². The molecule has 0 heterocycles. The van der Waals surface area contributed by atoms with Gasteiger partial charge in [0, 0.05) is 13.1 Å². The summed E-state index contributed by atoms with van der Waals surface area (Å²) < 4.78 is 26.0. The smallest absolute Gasteiger partial charge is 0.337 e. The molecule has 0 saturated heterocycles. The average Bonchev–Trinajstić information content (AvgIpc) is 2.72.